The topological polar surface area (TPSA) is 16.3 Å². The van der Waals surface area contributed by atoms with Gasteiger partial charge in [-0.05, 0) is 148 Å². The lowest BCUT2D eigenvalue weighted by Gasteiger charge is -2.46. The zero-order chi connectivity index (χ0) is 57.1. The third-order valence-electron chi connectivity index (χ3n) is 18.5. The molecule has 0 fully saturated rings. The molecular formula is C81H57BN4. The van der Waals surface area contributed by atoms with E-state index in [0.29, 0.717) is 0 Å². The molecule has 0 radical (unpaired) electrons. The van der Waals surface area contributed by atoms with Crippen LogP contribution in [0.1, 0.15) is 16.7 Å². The molecule has 0 bridgehead atoms. The molecule has 0 N–H and O–H groups in total. The van der Waals surface area contributed by atoms with Gasteiger partial charge in [-0.3, -0.25) is 0 Å². The number of aryl methyl sites for hydroxylation is 1. The van der Waals surface area contributed by atoms with E-state index in [9.17, 15) is 0 Å². The number of nitrogens with zero attached hydrogens (tertiary/aromatic N) is 4. The van der Waals surface area contributed by atoms with Crippen molar-refractivity contribution in [2.24, 2.45) is 0 Å². The third kappa shape index (κ3) is 7.51. The molecule has 404 valence electrons. The summed E-state index contributed by atoms with van der Waals surface area (Å²) >= 11 is 0. The van der Waals surface area contributed by atoms with Crippen LogP contribution in [0.2, 0.25) is 0 Å². The Bertz CT molecular complexity index is 4790. The van der Waals surface area contributed by atoms with E-state index in [0.717, 1.165) is 56.1 Å². The highest BCUT2D eigenvalue weighted by molar-refractivity contribution is 7.00. The van der Waals surface area contributed by atoms with Crippen molar-refractivity contribution in [3.8, 4) is 55.9 Å². The van der Waals surface area contributed by atoms with E-state index >= 15 is 0 Å². The second-order valence-electron chi connectivity index (χ2n) is 23.3. The van der Waals surface area contributed by atoms with E-state index in [-0.39, 0.29) is 6.71 Å². The quantitative estimate of drug-likeness (QED) is 0.141. The first-order valence-corrected chi connectivity index (χ1v) is 30.0. The molecule has 0 amide bonds. The first-order valence-electron chi connectivity index (χ1n) is 30.0. The minimum Gasteiger partial charge on any atom is -0.310 e. The molecule has 2 aromatic heterocycles. The van der Waals surface area contributed by atoms with E-state index in [2.05, 4.69) is 331 Å². The van der Waals surface area contributed by atoms with Crippen LogP contribution in [-0.2, 0) is 0 Å². The average molecular weight is 1100 g/mol. The van der Waals surface area contributed by atoms with Crippen LogP contribution in [0, 0.1) is 20.8 Å². The Kier molecular flexibility index (Phi) is 11.3. The van der Waals surface area contributed by atoms with Gasteiger partial charge in [0.1, 0.15) is 0 Å². The molecule has 0 atom stereocenters. The number of hydrogen-bond donors (Lipinski definition) is 0. The first-order chi connectivity index (χ1) is 42.5. The molecule has 0 saturated carbocycles. The molecule has 86 heavy (non-hydrogen) atoms. The molecule has 0 unspecified atom stereocenters. The summed E-state index contributed by atoms with van der Waals surface area (Å²) in [5, 5.41) is 4.97. The van der Waals surface area contributed by atoms with Crippen molar-refractivity contribution in [1.29, 1.82) is 0 Å². The van der Waals surface area contributed by atoms with Crippen molar-refractivity contribution in [2.45, 2.75) is 20.8 Å². The number of anilines is 6. The van der Waals surface area contributed by atoms with Gasteiger partial charge >= 0.3 is 0 Å². The lowest BCUT2D eigenvalue weighted by atomic mass is 9.33. The molecule has 4 nitrogen and oxygen atoms in total. The minimum absolute atomic E-state index is 0.162. The highest BCUT2D eigenvalue weighted by atomic mass is 15.2. The van der Waals surface area contributed by atoms with Gasteiger partial charge in [0.2, 0.25) is 0 Å². The molecule has 2 aliphatic rings. The van der Waals surface area contributed by atoms with Gasteiger partial charge in [-0.25, -0.2) is 0 Å². The standard InChI is InChI=1S/C81H57BN4/c1-52-48-77-79-78(49-52)86(76-51-60(56-26-10-5-11-27-56)41-43-62(76)58-30-14-7-15-31-58)81-54(3)70(84-73-38-22-18-34-65(73)66-35-19-23-39-74(66)84)47-45-68(81)82(79)67-44-46-69(83-71-36-20-16-32-63(71)64-33-17-21-37-72(64)83)53(2)80(67)85(77)75-50-59(55-24-8-4-9-25-55)40-42-61(75)57-28-12-6-13-29-57/h4-51H,1-3H3. The maximum absolute atomic E-state index is 2.67. The summed E-state index contributed by atoms with van der Waals surface area (Å²) in [7, 11) is 0. The van der Waals surface area contributed by atoms with Crippen molar-refractivity contribution in [3.63, 3.8) is 0 Å². The average Bonchev–Trinajstić information content (AvgIpc) is 0.813. The molecular weight excluding hydrogens is 1040 g/mol. The number of rotatable bonds is 8. The molecule has 2 aliphatic heterocycles. The highest BCUT2D eigenvalue weighted by Crippen LogP contribution is 2.52. The van der Waals surface area contributed by atoms with Crippen molar-refractivity contribution >= 4 is 101 Å². The van der Waals surface area contributed by atoms with Crippen LogP contribution < -0.4 is 26.2 Å². The first kappa shape index (κ1) is 49.7. The number of aromatic nitrogens is 2. The minimum atomic E-state index is -0.162. The van der Waals surface area contributed by atoms with Crippen molar-refractivity contribution in [3.05, 3.63) is 308 Å². The SMILES string of the molecule is Cc1cc2c3c(c1)N(c1cc(-c4ccccc4)ccc1-c1ccccc1)c1c(ccc(-n4c5ccccc5c5ccccc54)c1C)B3c1ccc(-n3c4ccccc4c4ccccc43)c(C)c1N2c1cc(-c2ccccc2)ccc1-c1ccccc1. The zero-order valence-corrected chi connectivity index (χ0v) is 48.1. The summed E-state index contributed by atoms with van der Waals surface area (Å²) in [5.74, 6) is 0. The van der Waals surface area contributed by atoms with E-state index in [1.807, 2.05) is 0 Å². The van der Waals surface area contributed by atoms with E-state index in [4.69, 9.17) is 0 Å². The van der Waals surface area contributed by atoms with Crippen molar-refractivity contribution < 1.29 is 0 Å². The van der Waals surface area contributed by atoms with Crippen LogP contribution in [0.15, 0.2) is 291 Å². The van der Waals surface area contributed by atoms with Gasteiger partial charge in [-0.15, -0.1) is 0 Å². The molecule has 0 spiro atoms. The monoisotopic (exact) mass is 1100 g/mol. The van der Waals surface area contributed by atoms with Crippen molar-refractivity contribution in [2.75, 3.05) is 9.80 Å². The maximum Gasteiger partial charge on any atom is 0.252 e. The molecule has 17 rings (SSSR count). The fourth-order valence-electron chi connectivity index (χ4n) is 14.8. The van der Waals surface area contributed by atoms with E-state index < -0.39 is 0 Å². The van der Waals surface area contributed by atoms with Gasteiger partial charge in [-0.2, -0.15) is 0 Å². The van der Waals surface area contributed by atoms with Crippen molar-refractivity contribution in [1.82, 2.24) is 9.13 Å². The number of para-hydroxylation sites is 4. The van der Waals surface area contributed by atoms with Gasteiger partial charge in [0.05, 0.1) is 44.8 Å². The van der Waals surface area contributed by atoms with Crippen LogP contribution in [-0.4, -0.2) is 15.8 Å². The normalized spacial score (nSPS) is 12.5. The van der Waals surface area contributed by atoms with Gasteiger partial charge in [-0.1, -0.05) is 231 Å². The third-order valence-corrected chi connectivity index (χ3v) is 18.5. The van der Waals surface area contributed by atoms with E-state index in [1.54, 1.807) is 0 Å². The van der Waals surface area contributed by atoms with E-state index in [1.165, 1.54) is 111 Å². The Labute approximate surface area is 501 Å². The summed E-state index contributed by atoms with van der Waals surface area (Å²) in [6.07, 6.45) is 0. The predicted octanol–water partition coefficient (Wildman–Crippen LogP) is 19.6. The Morgan fingerprint density at radius 3 is 0.942 bits per heavy atom. The molecule has 0 saturated heterocycles. The zero-order valence-electron chi connectivity index (χ0n) is 48.1. The maximum atomic E-state index is 2.67. The van der Waals surface area contributed by atoms with Crippen LogP contribution in [0.25, 0.3) is 99.5 Å². The summed E-state index contributed by atoms with van der Waals surface area (Å²) in [4.78, 5) is 5.33. The molecule has 13 aromatic carbocycles. The lowest BCUT2D eigenvalue weighted by molar-refractivity contribution is 1.13. The van der Waals surface area contributed by atoms with Crippen LogP contribution in [0.4, 0.5) is 34.1 Å². The van der Waals surface area contributed by atoms with Crippen LogP contribution in [0.5, 0.6) is 0 Å². The second kappa shape index (κ2) is 19.6. The smallest absolute Gasteiger partial charge is 0.252 e. The summed E-state index contributed by atoms with van der Waals surface area (Å²) in [6, 6.07) is 108. The summed E-state index contributed by atoms with van der Waals surface area (Å²) < 4.78 is 5.02. The summed E-state index contributed by atoms with van der Waals surface area (Å²) in [6.45, 7) is 6.89. The predicted molar refractivity (Wildman–Crippen MR) is 365 cm³/mol. The van der Waals surface area contributed by atoms with Gasteiger partial charge in [0, 0.05) is 55.4 Å². The van der Waals surface area contributed by atoms with Gasteiger partial charge < -0.3 is 18.9 Å². The fourth-order valence-corrected chi connectivity index (χ4v) is 14.8. The number of benzene rings is 13. The summed E-state index contributed by atoms with van der Waals surface area (Å²) in [5.41, 5.74) is 30.7. The Hall–Kier alpha value is -10.9. The lowest BCUT2D eigenvalue weighted by Crippen LogP contribution is -2.62. The Balaban J connectivity index is 1.03. The largest absolute Gasteiger partial charge is 0.310 e. The number of hydrogen-bond acceptors (Lipinski definition) is 2. The molecule has 15 aromatic rings. The van der Waals surface area contributed by atoms with Gasteiger partial charge in [0.15, 0.2) is 0 Å². The van der Waals surface area contributed by atoms with Crippen LogP contribution in [0.3, 0.4) is 0 Å². The van der Waals surface area contributed by atoms with Crippen LogP contribution >= 0.6 is 0 Å². The molecule has 5 heteroatoms. The Morgan fingerprint density at radius 2 is 0.581 bits per heavy atom. The molecule has 4 heterocycles. The number of fused-ring (bicyclic) bond motifs is 10. The van der Waals surface area contributed by atoms with Gasteiger partial charge in [0.25, 0.3) is 6.71 Å². The fraction of sp³-hybridized carbons (Fsp3) is 0.0370. The Morgan fingerprint density at radius 1 is 0.256 bits per heavy atom. The molecule has 0 aliphatic carbocycles. The second-order valence-corrected chi connectivity index (χ2v) is 23.3. The highest BCUT2D eigenvalue weighted by Gasteiger charge is 2.46.